The molecule has 2 aromatic heterocycles. The van der Waals surface area contributed by atoms with Crippen molar-refractivity contribution in [2.24, 2.45) is 0 Å². The normalized spacial score (nSPS) is 11.5. The summed E-state index contributed by atoms with van der Waals surface area (Å²) >= 11 is 13.9. The highest BCUT2D eigenvalue weighted by atomic mass is 35.5. The van der Waals surface area contributed by atoms with Crippen molar-refractivity contribution in [3.05, 3.63) is 55.6 Å². The van der Waals surface area contributed by atoms with E-state index >= 15 is 0 Å². The summed E-state index contributed by atoms with van der Waals surface area (Å²) in [5.41, 5.74) is 1.24. The largest absolute Gasteiger partial charge is 0.277 e. The maximum atomic E-state index is 12.4. The standard InChI is InChI=1S/C15H10Cl2N2O3S3/c1-8-12(24-15(18-8)9-2-4-10(16)5-3-9)14(20)19-25(21,22)11-6-7-23-13(11)17/h2-7H,1H3,(H,19,20). The van der Waals surface area contributed by atoms with E-state index in [0.717, 1.165) is 28.2 Å². The van der Waals surface area contributed by atoms with Crippen LogP contribution in [-0.2, 0) is 10.0 Å². The average molecular weight is 433 g/mol. The lowest BCUT2D eigenvalue weighted by molar-refractivity contribution is 0.0984. The minimum atomic E-state index is -4.03. The van der Waals surface area contributed by atoms with Crippen LogP contribution >= 0.6 is 45.9 Å². The number of amides is 1. The Morgan fingerprint density at radius 1 is 1.16 bits per heavy atom. The number of nitrogens with zero attached hydrogens (tertiary/aromatic N) is 1. The first-order chi connectivity index (χ1) is 11.8. The van der Waals surface area contributed by atoms with Gasteiger partial charge in [-0.3, -0.25) is 4.79 Å². The van der Waals surface area contributed by atoms with Crippen molar-refractivity contribution in [1.82, 2.24) is 9.71 Å². The van der Waals surface area contributed by atoms with Crippen molar-refractivity contribution in [3.8, 4) is 10.6 Å². The van der Waals surface area contributed by atoms with E-state index in [1.165, 1.54) is 11.4 Å². The van der Waals surface area contributed by atoms with Crippen LogP contribution in [0.4, 0.5) is 0 Å². The Morgan fingerprint density at radius 3 is 2.44 bits per heavy atom. The van der Waals surface area contributed by atoms with Gasteiger partial charge >= 0.3 is 0 Å². The van der Waals surface area contributed by atoms with Gasteiger partial charge in [-0.25, -0.2) is 18.1 Å². The second-order valence-electron chi connectivity index (χ2n) is 4.93. The number of thiophene rings is 1. The molecule has 0 saturated heterocycles. The Labute approximate surface area is 162 Å². The molecule has 0 saturated carbocycles. The number of thiazole rings is 1. The maximum Gasteiger partial charge on any atom is 0.277 e. The first-order valence-corrected chi connectivity index (χ1v) is 10.7. The Morgan fingerprint density at radius 2 is 1.84 bits per heavy atom. The molecule has 130 valence electrons. The third kappa shape index (κ3) is 3.88. The number of aromatic nitrogens is 1. The highest BCUT2D eigenvalue weighted by molar-refractivity contribution is 7.90. The van der Waals surface area contributed by atoms with E-state index in [-0.39, 0.29) is 14.1 Å². The van der Waals surface area contributed by atoms with Crippen molar-refractivity contribution < 1.29 is 13.2 Å². The fraction of sp³-hybridized carbons (Fsp3) is 0.0667. The molecule has 1 N–H and O–H groups in total. The van der Waals surface area contributed by atoms with Gasteiger partial charge in [0.05, 0.1) is 5.69 Å². The van der Waals surface area contributed by atoms with Crippen LogP contribution in [-0.4, -0.2) is 19.3 Å². The van der Waals surface area contributed by atoms with E-state index in [1.807, 2.05) is 4.72 Å². The van der Waals surface area contributed by atoms with Gasteiger partial charge in [0.1, 0.15) is 19.1 Å². The number of hydrogen-bond acceptors (Lipinski definition) is 6. The summed E-state index contributed by atoms with van der Waals surface area (Å²) in [4.78, 5) is 16.8. The van der Waals surface area contributed by atoms with Gasteiger partial charge in [-0.1, -0.05) is 35.3 Å². The topological polar surface area (TPSA) is 76.1 Å². The number of benzene rings is 1. The fourth-order valence-corrected chi connectivity index (χ4v) is 5.68. The predicted molar refractivity (Wildman–Crippen MR) is 101 cm³/mol. The van der Waals surface area contributed by atoms with Crippen molar-refractivity contribution in [3.63, 3.8) is 0 Å². The SMILES string of the molecule is Cc1nc(-c2ccc(Cl)cc2)sc1C(=O)NS(=O)(=O)c1ccsc1Cl. The van der Waals surface area contributed by atoms with Crippen LogP contribution in [0.3, 0.4) is 0 Å². The van der Waals surface area contributed by atoms with Gasteiger partial charge in [0.25, 0.3) is 15.9 Å². The molecule has 2 heterocycles. The molecule has 5 nitrogen and oxygen atoms in total. The number of aryl methyl sites for hydroxylation is 1. The molecule has 1 aromatic carbocycles. The van der Waals surface area contributed by atoms with Gasteiger partial charge in [-0.2, -0.15) is 0 Å². The molecule has 3 aromatic rings. The lowest BCUT2D eigenvalue weighted by Gasteiger charge is -2.04. The molecule has 0 fully saturated rings. The summed E-state index contributed by atoms with van der Waals surface area (Å²) in [6.45, 7) is 1.65. The van der Waals surface area contributed by atoms with E-state index < -0.39 is 15.9 Å². The zero-order valence-electron chi connectivity index (χ0n) is 12.6. The number of hydrogen-bond donors (Lipinski definition) is 1. The van der Waals surface area contributed by atoms with Gasteiger partial charge in [-0.15, -0.1) is 22.7 Å². The number of rotatable bonds is 4. The summed E-state index contributed by atoms with van der Waals surface area (Å²) < 4.78 is 26.7. The molecule has 0 aliphatic rings. The maximum absolute atomic E-state index is 12.4. The second kappa shape index (κ2) is 7.05. The molecule has 0 aliphatic carbocycles. The van der Waals surface area contributed by atoms with Crippen LogP contribution in [0, 0.1) is 6.92 Å². The number of carbonyl (C=O) groups excluding carboxylic acids is 1. The quantitative estimate of drug-likeness (QED) is 0.652. The molecular formula is C15H10Cl2N2O3S3. The van der Waals surface area contributed by atoms with Crippen molar-refractivity contribution >= 4 is 61.8 Å². The Bertz CT molecular complexity index is 1040. The average Bonchev–Trinajstić information content (AvgIpc) is 3.14. The number of sulfonamides is 1. The van der Waals surface area contributed by atoms with E-state index in [4.69, 9.17) is 23.2 Å². The van der Waals surface area contributed by atoms with Crippen molar-refractivity contribution in [2.45, 2.75) is 11.8 Å². The van der Waals surface area contributed by atoms with Crippen LogP contribution in [0.1, 0.15) is 15.4 Å². The molecule has 0 spiro atoms. The molecule has 10 heteroatoms. The van der Waals surface area contributed by atoms with E-state index in [0.29, 0.717) is 15.7 Å². The highest BCUT2D eigenvalue weighted by Crippen LogP contribution is 2.30. The summed E-state index contributed by atoms with van der Waals surface area (Å²) in [7, 11) is -4.03. The molecule has 0 bridgehead atoms. The molecule has 0 atom stereocenters. The van der Waals surface area contributed by atoms with Crippen LogP contribution in [0.25, 0.3) is 10.6 Å². The van der Waals surface area contributed by atoms with E-state index in [2.05, 4.69) is 4.98 Å². The van der Waals surface area contributed by atoms with Gasteiger partial charge in [0, 0.05) is 10.6 Å². The molecule has 3 rings (SSSR count). The van der Waals surface area contributed by atoms with Crippen LogP contribution in [0.5, 0.6) is 0 Å². The van der Waals surface area contributed by atoms with E-state index in [1.54, 1.807) is 31.2 Å². The molecule has 0 unspecified atom stereocenters. The molecular weight excluding hydrogens is 423 g/mol. The molecule has 0 radical (unpaired) electrons. The third-order valence-electron chi connectivity index (χ3n) is 3.20. The van der Waals surface area contributed by atoms with Gasteiger partial charge in [0.15, 0.2) is 0 Å². The van der Waals surface area contributed by atoms with Crippen molar-refractivity contribution in [1.29, 1.82) is 0 Å². The monoisotopic (exact) mass is 432 g/mol. The summed E-state index contributed by atoms with van der Waals surface area (Å²) in [5.74, 6) is -0.738. The lowest BCUT2D eigenvalue weighted by Crippen LogP contribution is -2.30. The highest BCUT2D eigenvalue weighted by Gasteiger charge is 2.25. The minimum absolute atomic E-state index is 0.100. The van der Waals surface area contributed by atoms with Crippen LogP contribution in [0.15, 0.2) is 40.6 Å². The van der Waals surface area contributed by atoms with Gasteiger partial charge in [0.2, 0.25) is 0 Å². The first-order valence-electron chi connectivity index (χ1n) is 6.81. The zero-order chi connectivity index (χ0) is 18.2. The minimum Gasteiger partial charge on any atom is -0.267 e. The van der Waals surface area contributed by atoms with Crippen molar-refractivity contribution in [2.75, 3.05) is 0 Å². The number of nitrogens with one attached hydrogen (secondary N) is 1. The smallest absolute Gasteiger partial charge is 0.267 e. The predicted octanol–water partition coefficient (Wildman–Crippen LogP) is 4.61. The van der Waals surface area contributed by atoms with Gasteiger partial charge < -0.3 is 0 Å². The Balaban J connectivity index is 1.88. The fourth-order valence-electron chi connectivity index (χ4n) is 2.02. The first kappa shape index (κ1) is 18.3. The lowest BCUT2D eigenvalue weighted by atomic mass is 10.2. The van der Waals surface area contributed by atoms with Gasteiger partial charge in [-0.05, 0) is 30.5 Å². The van der Waals surface area contributed by atoms with E-state index in [9.17, 15) is 13.2 Å². The summed E-state index contributed by atoms with van der Waals surface area (Å²) in [5, 5.41) is 2.73. The van der Waals surface area contributed by atoms with Crippen LogP contribution < -0.4 is 4.72 Å². The molecule has 25 heavy (non-hydrogen) atoms. The zero-order valence-corrected chi connectivity index (χ0v) is 16.6. The van der Waals surface area contributed by atoms with Crippen LogP contribution in [0.2, 0.25) is 9.36 Å². The Hall–Kier alpha value is -1.45. The number of carbonyl (C=O) groups is 1. The Kier molecular flexibility index (Phi) is 5.17. The molecule has 0 aliphatic heterocycles. The molecule has 1 amide bonds. The third-order valence-corrected chi connectivity index (χ3v) is 7.44. The number of halogens is 2. The summed E-state index contributed by atoms with van der Waals surface area (Å²) in [6.07, 6.45) is 0. The second-order valence-corrected chi connectivity index (χ2v) is 9.54. The summed E-state index contributed by atoms with van der Waals surface area (Å²) in [6, 6.07) is 8.35.